The van der Waals surface area contributed by atoms with E-state index < -0.39 is 0 Å². The predicted molar refractivity (Wildman–Crippen MR) is 107 cm³/mol. The highest BCUT2D eigenvalue weighted by atomic mass is 16.1. The highest BCUT2D eigenvalue weighted by Crippen LogP contribution is 2.17. The first-order valence-electron chi connectivity index (χ1n) is 10.3. The lowest BCUT2D eigenvalue weighted by atomic mass is 9.96. The van der Waals surface area contributed by atoms with Gasteiger partial charge in [0.2, 0.25) is 5.91 Å². The molecule has 7 nitrogen and oxygen atoms in total. The molecule has 4 N–H and O–H groups in total. The number of piperidine rings is 1. The van der Waals surface area contributed by atoms with Crippen molar-refractivity contribution in [3.05, 3.63) is 0 Å². The SMILES string of the molecule is CCN1CCCC1CNC(=NC)NCCCCN1CCC(C(N)=O)CC1. The monoisotopic (exact) mass is 366 g/mol. The summed E-state index contributed by atoms with van der Waals surface area (Å²) in [7, 11) is 1.84. The summed E-state index contributed by atoms with van der Waals surface area (Å²) >= 11 is 0. The van der Waals surface area contributed by atoms with Crippen LogP contribution in [0.5, 0.6) is 0 Å². The summed E-state index contributed by atoms with van der Waals surface area (Å²) in [6.45, 7) is 9.62. The Morgan fingerprint density at radius 3 is 2.58 bits per heavy atom. The number of hydrogen-bond acceptors (Lipinski definition) is 4. The van der Waals surface area contributed by atoms with E-state index >= 15 is 0 Å². The van der Waals surface area contributed by atoms with E-state index in [1.165, 1.54) is 19.4 Å². The average molecular weight is 367 g/mol. The van der Waals surface area contributed by atoms with Crippen molar-refractivity contribution in [2.45, 2.75) is 51.5 Å². The maximum absolute atomic E-state index is 11.2. The van der Waals surface area contributed by atoms with Gasteiger partial charge in [0.25, 0.3) is 0 Å². The average Bonchev–Trinajstić information content (AvgIpc) is 3.12. The maximum atomic E-state index is 11.2. The van der Waals surface area contributed by atoms with Crippen LogP contribution in [-0.2, 0) is 4.79 Å². The van der Waals surface area contributed by atoms with E-state index in [9.17, 15) is 4.79 Å². The van der Waals surface area contributed by atoms with Crippen LogP contribution >= 0.6 is 0 Å². The van der Waals surface area contributed by atoms with E-state index in [1.807, 2.05) is 7.05 Å². The van der Waals surface area contributed by atoms with Gasteiger partial charge in [0.05, 0.1) is 0 Å². The fourth-order valence-corrected chi connectivity index (χ4v) is 4.09. The van der Waals surface area contributed by atoms with Gasteiger partial charge in [-0.2, -0.15) is 0 Å². The van der Waals surface area contributed by atoms with E-state index in [0.717, 1.165) is 70.9 Å². The zero-order chi connectivity index (χ0) is 18.8. The summed E-state index contributed by atoms with van der Waals surface area (Å²) in [6, 6.07) is 0.641. The van der Waals surface area contributed by atoms with Gasteiger partial charge >= 0.3 is 0 Å². The van der Waals surface area contributed by atoms with Crippen molar-refractivity contribution in [3.8, 4) is 0 Å². The van der Waals surface area contributed by atoms with Crippen LogP contribution in [0, 0.1) is 5.92 Å². The molecular formula is C19H38N6O. The number of primary amides is 1. The molecule has 0 aromatic rings. The van der Waals surface area contributed by atoms with Crippen LogP contribution in [-0.4, -0.2) is 80.6 Å². The fourth-order valence-electron chi connectivity index (χ4n) is 4.09. The molecular weight excluding hydrogens is 328 g/mol. The topological polar surface area (TPSA) is 86.0 Å². The summed E-state index contributed by atoms with van der Waals surface area (Å²) in [6.07, 6.45) is 6.71. The van der Waals surface area contributed by atoms with Gasteiger partial charge in [-0.3, -0.25) is 14.7 Å². The number of guanidine groups is 1. The number of nitrogens with two attached hydrogens (primary N) is 1. The van der Waals surface area contributed by atoms with Crippen LogP contribution in [0.15, 0.2) is 4.99 Å². The number of unbranched alkanes of at least 4 members (excludes halogenated alkanes) is 1. The Balaban J connectivity index is 1.52. The molecule has 1 atom stereocenters. The van der Waals surface area contributed by atoms with Crippen molar-refractivity contribution < 1.29 is 4.79 Å². The Kier molecular flexibility index (Phi) is 9.18. The number of rotatable bonds is 9. The van der Waals surface area contributed by atoms with Gasteiger partial charge in [0.1, 0.15) is 0 Å². The fraction of sp³-hybridized carbons (Fsp3) is 0.895. The summed E-state index contributed by atoms with van der Waals surface area (Å²) in [5, 5.41) is 6.90. The molecule has 1 unspecified atom stereocenters. The third kappa shape index (κ3) is 6.76. The molecule has 2 heterocycles. The van der Waals surface area contributed by atoms with Gasteiger partial charge in [0.15, 0.2) is 5.96 Å². The van der Waals surface area contributed by atoms with Gasteiger partial charge < -0.3 is 21.3 Å². The second kappa shape index (κ2) is 11.4. The van der Waals surface area contributed by atoms with Crippen LogP contribution in [0.2, 0.25) is 0 Å². The molecule has 0 bridgehead atoms. The number of nitrogens with one attached hydrogen (secondary N) is 2. The molecule has 2 saturated heterocycles. The van der Waals surface area contributed by atoms with E-state index in [0.29, 0.717) is 6.04 Å². The summed E-state index contributed by atoms with van der Waals surface area (Å²) < 4.78 is 0. The highest BCUT2D eigenvalue weighted by Gasteiger charge is 2.23. The lowest BCUT2D eigenvalue weighted by Crippen LogP contribution is -2.45. The molecule has 0 radical (unpaired) electrons. The second-order valence-electron chi connectivity index (χ2n) is 7.53. The van der Waals surface area contributed by atoms with Crippen molar-refractivity contribution >= 4 is 11.9 Å². The first-order chi connectivity index (χ1) is 12.6. The lowest BCUT2D eigenvalue weighted by molar-refractivity contribution is -0.123. The molecule has 150 valence electrons. The number of aliphatic imine (C=N–C) groups is 1. The molecule has 26 heavy (non-hydrogen) atoms. The number of amides is 1. The number of carbonyl (C=O) groups excluding carboxylic acids is 1. The minimum atomic E-state index is -0.132. The summed E-state index contributed by atoms with van der Waals surface area (Å²) in [5.41, 5.74) is 5.39. The van der Waals surface area contributed by atoms with Crippen molar-refractivity contribution in [2.75, 3.05) is 52.9 Å². The number of likely N-dealkylation sites (tertiary alicyclic amines) is 2. The Bertz CT molecular complexity index is 447. The highest BCUT2D eigenvalue weighted by molar-refractivity contribution is 5.79. The van der Waals surface area contributed by atoms with Gasteiger partial charge in [-0.1, -0.05) is 6.92 Å². The number of hydrogen-bond donors (Lipinski definition) is 3. The van der Waals surface area contributed by atoms with E-state index in [1.54, 1.807) is 0 Å². The maximum Gasteiger partial charge on any atom is 0.220 e. The first kappa shape index (κ1) is 21.0. The zero-order valence-corrected chi connectivity index (χ0v) is 16.7. The third-order valence-electron chi connectivity index (χ3n) is 5.82. The standard InChI is InChI=1S/C19H38N6O/c1-3-25-12-6-7-17(25)15-23-19(21-2)22-10-4-5-11-24-13-8-16(9-14-24)18(20)26/h16-17H,3-15H2,1-2H3,(H2,20,26)(H2,21,22,23). The molecule has 0 aromatic carbocycles. The van der Waals surface area contributed by atoms with Crippen molar-refractivity contribution in [2.24, 2.45) is 16.6 Å². The Hall–Kier alpha value is -1.34. The van der Waals surface area contributed by atoms with Gasteiger partial charge in [-0.15, -0.1) is 0 Å². The molecule has 0 aliphatic carbocycles. The van der Waals surface area contributed by atoms with Crippen LogP contribution in [0.4, 0.5) is 0 Å². The molecule has 2 aliphatic heterocycles. The second-order valence-corrected chi connectivity index (χ2v) is 7.53. The van der Waals surface area contributed by atoms with Gasteiger partial charge in [0, 0.05) is 32.1 Å². The lowest BCUT2D eigenvalue weighted by Gasteiger charge is -2.30. The summed E-state index contributed by atoms with van der Waals surface area (Å²) in [4.78, 5) is 20.5. The number of carbonyl (C=O) groups is 1. The zero-order valence-electron chi connectivity index (χ0n) is 16.7. The molecule has 2 fully saturated rings. The third-order valence-corrected chi connectivity index (χ3v) is 5.82. The Morgan fingerprint density at radius 1 is 1.15 bits per heavy atom. The molecule has 2 rings (SSSR count). The minimum Gasteiger partial charge on any atom is -0.369 e. The normalized spacial score (nSPS) is 23.3. The van der Waals surface area contributed by atoms with E-state index in [-0.39, 0.29) is 11.8 Å². The van der Waals surface area contributed by atoms with Crippen LogP contribution in [0.3, 0.4) is 0 Å². The molecule has 0 aromatic heterocycles. The Labute approximate surface area is 158 Å². The van der Waals surface area contributed by atoms with Crippen molar-refractivity contribution in [3.63, 3.8) is 0 Å². The molecule has 0 spiro atoms. The smallest absolute Gasteiger partial charge is 0.220 e. The van der Waals surface area contributed by atoms with Gasteiger partial charge in [-0.05, 0) is 71.2 Å². The van der Waals surface area contributed by atoms with Crippen molar-refractivity contribution in [1.29, 1.82) is 0 Å². The molecule has 7 heteroatoms. The van der Waals surface area contributed by atoms with Crippen LogP contribution in [0.1, 0.15) is 45.4 Å². The van der Waals surface area contributed by atoms with Crippen LogP contribution in [0.25, 0.3) is 0 Å². The molecule has 1 amide bonds. The number of likely N-dealkylation sites (N-methyl/N-ethyl adjacent to an activating group) is 1. The van der Waals surface area contributed by atoms with Gasteiger partial charge in [-0.25, -0.2) is 0 Å². The first-order valence-corrected chi connectivity index (χ1v) is 10.3. The van der Waals surface area contributed by atoms with E-state index in [2.05, 4.69) is 32.3 Å². The quantitative estimate of drug-likeness (QED) is 0.316. The largest absolute Gasteiger partial charge is 0.369 e. The Morgan fingerprint density at radius 2 is 1.92 bits per heavy atom. The van der Waals surface area contributed by atoms with Crippen LogP contribution < -0.4 is 16.4 Å². The summed E-state index contributed by atoms with van der Waals surface area (Å²) in [5.74, 6) is 0.869. The molecule has 0 saturated carbocycles. The molecule has 2 aliphatic rings. The minimum absolute atomic E-state index is 0.0887. The predicted octanol–water partition coefficient (Wildman–Crippen LogP) is 0.613. The van der Waals surface area contributed by atoms with Crippen molar-refractivity contribution in [1.82, 2.24) is 20.4 Å². The number of nitrogens with zero attached hydrogens (tertiary/aromatic N) is 3. The van der Waals surface area contributed by atoms with E-state index in [4.69, 9.17) is 5.73 Å².